The summed E-state index contributed by atoms with van der Waals surface area (Å²) in [7, 11) is -2.18. The smallest absolute Gasteiger partial charge is 0.409 e. The van der Waals surface area contributed by atoms with Crippen molar-refractivity contribution in [1.82, 2.24) is 19.1 Å². The first-order valence-electron chi connectivity index (χ1n) is 10.7. The second kappa shape index (κ2) is 11.3. The monoisotopic (exact) mass is 472 g/mol. The highest BCUT2D eigenvalue weighted by atomic mass is 32.2. The van der Waals surface area contributed by atoms with Crippen LogP contribution in [0.2, 0.25) is 0 Å². The van der Waals surface area contributed by atoms with Crippen LogP contribution in [0, 0.1) is 0 Å². The van der Waals surface area contributed by atoms with E-state index in [9.17, 15) is 22.8 Å². The van der Waals surface area contributed by atoms with E-state index >= 15 is 0 Å². The molecule has 0 spiro atoms. The molecule has 0 aliphatic carbocycles. The summed E-state index contributed by atoms with van der Waals surface area (Å²) in [4.78, 5) is 37.9. The van der Waals surface area contributed by atoms with Gasteiger partial charge in [0, 0.05) is 45.5 Å². The summed E-state index contributed by atoms with van der Waals surface area (Å²) in [5.74, 6) is -1.25. The Morgan fingerprint density at radius 3 is 2.31 bits per heavy atom. The van der Waals surface area contributed by atoms with Crippen LogP contribution in [0.1, 0.15) is 44.1 Å². The molecular weight excluding hydrogens is 440 g/mol. The lowest BCUT2D eigenvalue weighted by Gasteiger charge is -2.31. The van der Waals surface area contributed by atoms with E-state index in [4.69, 9.17) is 9.47 Å². The number of nitrogens with zero attached hydrogens (tertiary/aromatic N) is 3. The fourth-order valence-electron chi connectivity index (χ4n) is 3.49. The van der Waals surface area contributed by atoms with Crippen molar-refractivity contribution >= 4 is 28.0 Å². The molecule has 0 unspecified atom stereocenters. The van der Waals surface area contributed by atoms with Crippen LogP contribution in [0.5, 0.6) is 0 Å². The van der Waals surface area contributed by atoms with Gasteiger partial charge in [-0.1, -0.05) is 13.8 Å². The Balaban J connectivity index is 1.87. The predicted molar refractivity (Wildman–Crippen MR) is 116 cm³/mol. The van der Waals surface area contributed by atoms with Crippen LogP contribution in [-0.4, -0.2) is 85.6 Å². The van der Waals surface area contributed by atoms with Gasteiger partial charge >= 0.3 is 12.1 Å². The molecule has 0 saturated carbocycles. The van der Waals surface area contributed by atoms with Gasteiger partial charge in [0.15, 0.2) is 6.61 Å². The number of sulfonamides is 1. The van der Waals surface area contributed by atoms with Crippen LogP contribution >= 0.6 is 0 Å². The molecular formula is C20H32N4O7S. The molecule has 2 heterocycles. The van der Waals surface area contributed by atoms with Crippen LogP contribution in [0.25, 0.3) is 0 Å². The average Bonchev–Trinajstić information content (AvgIpc) is 3.16. The number of likely N-dealkylation sites (tertiary alicyclic amines) is 1. The van der Waals surface area contributed by atoms with Gasteiger partial charge in [0.25, 0.3) is 5.91 Å². The predicted octanol–water partition coefficient (Wildman–Crippen LogP) is 0.950. The van der Waals surface area contributed by atoms with Crippen molar-refractivity contribution in [3.8, 4) is 0 Å². The quantitative estimate of drug-likeness (QED) is 0.530. The number of carbonyl (C=O) groups is 3. The van der Waals surface area contributed by atoms with E-state index in [1.165, 1.54) is 28.2 Å². The number of ether oxygens (including phenoxy) is 2. The lowest BCUT2D eigenvalue weighted by atomic mass is 10.1. The minimum atomic E-state index is -3.71. The minimum Gasteiger partial charge on any atom is -0.451 e. The number of esters is 1. The summed E-state index contributed by atoms with van der Waals surface area (Å²) < 4.78 is 38.0. The fraction of sp³-hybridized carbons (Fsp3) is 0.650. The molecule has 0 atom stereocenters. The molecule has 0 bridgehead atoms. The standard InChI is InChI=1S/C20H32N4O7S/c1-5-24(6-2)32(28,29)16-12-17(22(4)13-16)19(26)31-14-18(25)21-15-8-10-23(11-9-15)20(27)30-7-3/h12-13,15H,5-11,14H2,1-4H3,(H,21,25). The summed E-state index contributed by atoms with van der Waals surface area (Å²) in [5, 5.41) is 2.79. The first kappa shape index (κ1) is 25.7. The van der Waals surface area contributed by atoms with Crippen LogP contribution in [-0.2, 0) is 31.3 Å². The molecule has 1 fully saturated rings. The number of amides is 2. The number of hydrogen-bond donors (Lipinski definition) is 1. The molecule has 0 aromatic carbocycles. The van der Waals surface area contributed by atoms with Gasteiger partial charge < -0.3 is 24.3 Å². The van der Waals surface area contributed by atoms with Gasteiger partial charge in [-0.05, 0) is 25.8 Å². The molecule has 1 aromatic rings. The molecule has 180 valence electrons. The zero-order chi connectivity index (χ0) is 23.9. The number of piperidine rings is 1. The van der Waals surface area contributed by atoms with Crippen molar-refractivity contribution in [2.45, 2.75) is 44.6 Å². The molecule has 1 aromatic heterocycles. The Hall–Kier alpha value is -2.60. The zero-order valence-electron chi connectivity index (χ0n) is 19.0. The van der Waals surface area contributed by atoms with E-state index in [1.54, 1.807) is 25.7 Å². The number of nitrogens with one attached hydrogen (secondary N) is 1. The van der Waals surface area contributed by atoms with E-state index < -0.39 is 28.5 Å². The van der Waals surface area contributed by atoms with E-state index in [1.807, 2.05) is 0 Å². The summed E-state index contributed by atoms with van der Waals surface area (Å²) >= 11 is 0. The molecule has 1 saturated heterocycles. The maximum Gasteiger partial charge on any atom is 0.409 e. The Morgan fingerprint density at radius 2 is 1.75 bits per heavy atom. The summed E-state index contributed by atoms with van der Waals surface area (Å²) in [6, 6.07) is 1.12. The van der Waals surface area contributed by atoms with Crippen molar-refractivity contribution in [3.05, 3.63) is 18.0 Å². The normalized spacial score (nSPS) is 15.0. The van der Waals surface area contributed by atoms with Crippen molar-refractivity contribution in [2.75, 3.05) is 39.4 Å². The number of aryl methyl sites for hydroxylation is 1. The SMILES string of the molecule is CCOC(=O)N1CCC(NC(=O)COC(=O)c2cc(S(=O)(=O)N(CC)CC)cn2C)CC1. The zero-order valence-corrected chi connectivity index (χ0v) is 19.8. The molecule has 11 nitrogen and oxygen atoms in total. The third-order valence-corrected chi connectivity index (χ3v) is 7.27. The van der Waals surface area contributed by atoms with Crippen LogP contribution in [0.4, 0.5) is 4.79 Å². The highest BCUT2D eigenvalue weighted by Gasteiger charge is 2.27. The molecule has 2 rings (SSSR count). The summed E-state index contributed by atoms with van der Waals surface area (Å²) in [5.41, 5.74) is 0.0336. The largest absolute Gasteiger partial charge is 0.451 e. The van der Waals surface area contributed by atoms with E-state index in [2.05, 4.69) is 5.32 Å². The maximum atomic E-state index is 12.6. The molecule has 32 heavy (non-hydrogen) atoms. The van der Waals surface area contributed by atoms with Gasteiger partial charge in [-0.15, -0.1) is 0 Å². The third-order valence-electron chi connectivity index (χ3n) is 5.25. The number of rotatable bonds is 9. The van der Waals surface area contributed by atoms with E-state index in [-0.39, 0.29) is 22.7 Å². The Bertz CT molecular complexity index is 916. The van der Waals surface area contributed by atoms with Gasteiger partial charge in [0.1, 0.15) is 10.6 Å². The molecule has 12 heteroatoms. The van der Waals surface area contributed by atoms with Gasteiger partial charge in [-0.3, -0.25) is 4.79 Å². The summed E-state index contributed by atoms with van der Waals surface area (Å²) in [6.07, 6.45) is 2.13. The third kappa shape index (κ3) is 6.22. The Morgan fingerprint density at radius 1 is 1.12 bits per heavy atom. The highest BCUT2D eigenvalue weighted by molar-refractivity contribution is 7.89. The number of aromatic nitrogens is 1. The molecule has 1 aliphatic rings. The van der Waals surface area contributed by atoms with Gasteiger partial charge in [-0.2, -0.15) is 4.31 Å². The number of hydrogen-bond acceptors (Lipinski definition) is 7. The maximum absolute atomic E-state index is 12.6. The number of carbonyl (C=O) groups excluding carboxylic acids is 3. The molecule has 2 amide bonds. The van der Waals surface area contributed by atoms with Crippen LogP contribution in [0.15, 0.2) is 17.2 Å². The first-order chi connectivity index (χ1) is 15.1. The minimum absolute atomic E-state index is 0.00605. The van der Waals surface area contributed by atoms with Crippen molar-refractivity contribution in [2.24, 2.45) is 7.05 Å². The van der Waals surface area contributed by atoms with Crippen molar-refractivity contribution < 1.29 is 32.3 Å². The van der Waals surface area contributed by atoms with E-state index in [0.717, 1.165) is 0 Å². The summed E-state index contributed by atoms with van der Waals surface area (Å²) in [6.45, 7) is 6.60. The molecule has 1 aliphatic heterocycles. The lowest BCUT2D eigenvalue weighted by Crippen LogP contribution is -2.47. The van der Waals surface area contributed by atoms with Crippen molar-refractivity contribution in [3.63, 3.8) is 0 Å². The van der Waals surface area contributed by atoms with Crippen LogP contribution in [0.3, 0.4) is 0 Å². The average molecular weight is 473 g/mol. The second-order valence-electron chi connectivity index (χ2n) is 7.37. The van der Waals surface area contributed by atoms with E-state index in [0.29, 0.717) is 45.6 Å². The lowest BCUT2D eigenvalue weighted by molar-refractivity contribution is -0.125. The Labute approximate surface area is 188 Å². The van der Waals surface area contributed by atoms with Crippen molar-refractivity contribution in [1.29, 1.82) is 0 Å². The van der Waals surface area contributed by atoms with Gasteiger partial charge in [0.05, 0.1) is 6.61 Å². The van der Waals surface area contributed by atoms with Crippen LogP contribution < -0.4 is 5.32 Å². The highest BCUT2D eigenvalue weighted by Crippen LogP contribution is 2.19. The first-order valence-corrected chi connectivity index (χ1v) is 12.1. The second-order valence-corrected chi connectivity index (χ2v) is 9.30. The van der Waals surface area contributed by atoms with Gasteiger partial charge in [0.2, 0.25) is 10.0 Å². The Kier molecular flexibility index (Phi) is 9.08. The fourth-order valence-corrected chi connectivity index (χ4v) is 5.02. The van der Waals surface area contributed by atoms with Gasteiger partial charge in [-0.25, -0.2) is 18.0 Å². The molecule has 1 N–H and O–H groups in total. The molecule has 0 radical (unpaired) electrons. The topological polar surface area (TPSA) is 127 Å².